The highest BCUT2D eigenvalue weighted by atomic mass is 16.5. The predicted octanol–water partition coefficient (Wildman–Crippen LogP) is -0.00108. The third kappa shape index (κ3) is 2.74. The van der Waals surface area contributed by atoms with Crippen molar-refractivity contribution in [2.24, 2.45) is 7.05 Å². The van der Waals surface area contributed by atoms with Gasteiger partial charge >= 0.3 is 5.97 Å². The van der Waals surface area contributed by atoms with Crippen LogP contribution in [0.4, 0.5) is 0 Å². The van der Waals surface area contributed by atoms with Gasteiger partial charge in [0.1, 0.15) is 0 Å². The first kappa shape index (κ1) is 13.0. The van der Waals surface area contributed by atoms with Crippen molar-refractivity contribution in [1.82, 2.24) is 15.1 Å². The molecule has 0 fully saturated rings. The topological polar surface area (TPSA) is 93.4 Å². The van der Waals surface area contributed by atoms with Gasteiger partial charge in [0.2, 0.25) is 12.3 Å². The summed E-state index contributed by atoms with van der Waals surface area (Å²) >= 11 is 0. The molecule has 0 aliphatic carbocycles. The summed E-state index contributed by atoms with van der Waals surface area (Å²) in [5, 5.41) is 15.4. The van der Waals surface area contributed by atoms with Crippen molar-refractivity contribution in [2.45, 2.75) is 19.4 Å². The number of hydrogen-bond acceptors (Lipinski definition) is 4. The maximum atomic E-state index is 10.8. The third-order valence-corrected chi connectivity index (χ3v) is 2.40. The van der Waals surface area contributed by atoms with Gasteiger partial charge < -0.3 is 15.2 Å². The van der Waals surface area contributed by atoms with Crippen LogP contribution in [0.25, 0.3) is 0 Å². The van der Waals surface area contributed by atoms with Gasteiger partial charge in [-0.05, 0) is 6.92 Å². The number of nitrogens with zero attached hydrogens (tertiary/aromatic N) is 2. The van der Waals surface area contributed by atoms with Crippen molar-refractivity contribution in [3.05, 3.63) is 11.3 Å². The van der Waals surface area contributed by atoms with E-state index < -0.39 is 12.0 Å². The van der Waals surface area contributed by atoms with Crippen molar-refractivity contribution >= 4 is 12.4 Å². The molecule has 0 radical (unpaired) electrons. The largest absolute Gasteiger partial charge is 0.481 e. The van der Waals surface area contributed by atoms with E-state index >= 15 is 0 Å². The lowest BCUT2D eigenvalue weighted by molar-refractivity contribution is -0.137. The van der Waals surface area contributed by atoms with Crippen LogP contribution in [0.15, 0.2) is 0 Å². The summed E-state index contributed by atoms with van der Waals surface area (Å²) < 4.78 is 6.66. The van der Waals surface area contributed by atoms with E-state index in [4.69, 9.17) is 9.84 Å². The lowest BCUT2D eigenvalue weighted by Gasteiger charge is -2.15. The van der Waals surface area contributed by atoms with Crippen LogP contribution in [0.1, 0.15) is 23.7 Å². The number of carboxylic acids is 1. The van der Waals surface area contributed by atoms with E-state index in [-0.39, 0.29) is 6.42 Å². The molecule has 0 aliphatic rings. The van der Waals surface area contributed by atoms with Gasteiger partial charge in [-0.2, -0.15) is 5.10 Å². The zero-order valence-corrected chi connectivity index (χ0v) is 9.93. The maximum Gasteiger partial charge on any atom is 0.305 e. The first-order valence-corrected chi connectivity index (χ1v) is 5.00. The molecule has 7 nitrogen and oxygen atoms in total. The van der Waals surface area contributed by atoms with Crippen LogP contribution >= 0.6 is 0 Å². The van der Waals surface area contributed by atoms with Crippen LogP contribution in [0.3, 0.4) is 0 Å². The zero-order valence-electron chi connectivity index (χ0n) is 9.93. The second-order valence-electron chi connectivity index (χ2n) is 3.57. The van der Waals surface area contributed by atoms with Crippen LogP contribution in [-0.2, 0) is 16.6 Å². The molecule has 0 aromatic carbocycles. The Bertz CT molecular complexity index is 427. The van der Waals surface area contributed by atoms with Crippen LogP contribution in [0.2, 0.25) is 0 Å². The Morgan fingerprint density at radius 2 is 2.35 bits per heavy atom. The average molecular weight is 241 g/mol. The van der Waals surface area contributed by atoms with Crippen LogP contribution in [0, 0.1) is 6.92 Å². The Kier molecular flexibility index (Phi) is 4.08. The molecule has 0 spiro atoms. The first-order valence-electron chi connectivity index (χ1n) is 5.00. The smallest absolute Gasteiger partial charge is 0.305 e. The number of aryl methyl sites for hydroxylation is 2. The Hall–Kier alpha value is -2.05. The molecule has 1 atom stereocenters. The molecule has 0 aliphatic heterocycles. The monoisotopic (exact) mass is 241 g/mol. The van der Waals surface area contributed by atoms with Gasteiger partial charge in [0.05, 0.1) is 30.8 Å². The number of carbonyl (C=O) groups is 2. The summed E-state index contributed by atoms with van der Waals surface area (Å²) in [4.78, 5) is 21.3. The van der Waals surface area contributed by atoms with Crippen molar-refractivity contribution in [2.75, 3.05) is 7.11 Å². The van der Waals surface area contributed by atoms with Crippen molar-refractivity contribution < 1.29 is 19.4 Å². The minimum atomic E-state index is -1.00. The average Bonchev–Trinajstić information content (AvgIpc) is 2.51. The fourth-order valence-corrected chi connectivity index (χ4v) is 1.80. The van der Waals surface area contributed by atoms with Crippen molar-refractivity contribution in [3.8, 4) is 5.88 Å². The summed E-state index contributed by atoms with van der Waals surface area (Å²) in [6.07, 6.45) is 0.251. The molecule has 0 unspecified atom stereocenters. The number of ether oxygens (including phenoxy) is 1. The van der Waals surface area contributed by atoms with Gasteiger partial charge in [-0.25, -0.2) is 4.68 Å². The van der Waals surface area contributed by atoms with Gasteiger partial charge in [-0.15, -0.1) is 0 Å². The number of carboxylic acid groups (broad SMARTS) is 1. The molecule has 7 heteroatoms. The molecule has 0 saturated carbocycles. The standard InChI is InChI=1S/C10H15N3O4/c1-6-9(10(17-3)13(2)12-6)7(11-5-14)4-8(15)16/h5,7H,4H2,1-3H3,(H,11,14)(H,15,16)/t7-/m0/s1. The van der Waals surface area contributed by atoms with Gasteiger partial charge in [-0.1, -0.05) is 0 Å². The van der Waals surface area contributed by atoms with E-state index in [1.165, 1.54) is 11.8 Å². The molecule has 1 heterocycles. The molecule has 0 bridgehead atoms. The number of carbonyl (C=O) groups excluding carboxylic acids is 1. The predicted molar refractivity (Wildman–Crippen MR) is 58.7 cm³/mol. The van der Waals surface area contributed by atoms with Crippen molar-refractivity contribution in [1.29, 1.82) is 0 Å². The second kappa shape index (κ2) is 5.33. The number of amides is 1. The third-order valence-electron chi connectivity index (χ3n) is 2.40. The number of nitrogens with one attached hydrogen (secondary N) is 1. The first-order chi connectivity index (χ1) is 8.01. The Labute approximate surface area is 98.4 Å². The van der Waals surface area contributed by atoms with Gasteiger partial charge in [-0.3, -0.25) is 9.59 Å². The van der Waals surface area contributed by atoms with E-state index in [0.717, 1.165) is 0 Å². The normalized spacial score (nSPS) is 11.9. The van der Waals surface area contributed by atoms with Crippen LogP contribution in [-0.4, -0.2) is 34.4 Å². The quantitative estimate of drug-likeness (QED) is 0.684. The minimum absolute atomic E-state index is 0.221. The number of aliphatic carboxylic acids is 1. The molecule has 1 aromatic heterocycles. The summed E-state index contributed by atoms with van der Waals surface area (Å²) in [6.45, 7) is 1.74. The maximum absolute atomic E-state index is 10.8. The SMILES string of the molecule is COc1c([C@H](CC(=O)O)NC=O)c(C)nn1C. The van der Waals surface area contributed by atoms with Crippen LogP contribution in [0.5, 0.6) is 5.88 Å². The zero-order chi connectivity index (χ0) is 13.0. The second-order valence-corrected chi connectivity index (χ2v) is 3.57. The highest BCUT2D eigenvalue weighted by Crippen LogP contribution is 2.29. The molecule has 1 amide bonds. The molecule has 0 saturated heterocycles. The highest BCUT2D eigenvalue weighted by Gasteiger charge is 2.24. The van der Waals surface area contributed by atoms with E-state index in [2.05, 4.69) is 10.4 Å². The fourth-order valence-electron chi connectivity index (χ4n) is 1.80. The molecule has 1 rings (SSSR count). The molecular formula is C10H15N3O4. The van der Waals surface area contributed by atoms with Gasteiger partial charge in [0.15, 0.2) is 0 Å². The Morgan fingerprint density at radius 3 is 2.82 bits per heavy atom. The van der Waals surface area contributed by atoms with Crippen molar-refractivity contribution in [3.63, 3.8) is 0 Å². The highest BCUT2D eigenvalue weighted by molar-refractivity contribution is 5.69. The van der Waals surface area contributed by atoms with E-state index in [0.29, 0.717) is 23.5 Å². The lowest BCUT2D eigenvalue weighted by Crippen LogP contribution is -2.23. The summed E-state index contributed by atoms with van der Waals surface area (Å²) in [5.41, 5.74) is 1.22. The fraction of sp³-hybridized carbons (Fsp3) is 0.500. The number of rotatable bonds is 6. The molecular weight excluding hydrogens is 226 g/mol. The lowest BCUT2D eigenvalue weighted by atomic mass is 10.0. The summed E-state index contributed by atoms with van der Waals surface area (Å²) in [6, 6.07) is -0.645. The number of aromatic nitrogens is 2. The number of methoxy groups -OCH3 is 1. The van der Waals surface area contributed by atoms with Gasteiger partial charge in [0.25, 0.3) is 0 Å². The Morgan fingerprint density at radius 1 is 1.71 bits per heavy atom. The molecule has 94 valence electrons. The minimum Gasteiger partial charge on any atom is -0.481 e. The Balaban J connectivity index is 3.16. The summed E-state index contributed by atoms with van der Waals surface area (Å²) in [5.74, 6) is -0.558. The molecule has 17 heavy (non-hydrogen) atoms. The van der Waals surface area contributed by atoms with E-state index in [1.807, 2.05) is 0 Å². The van der Waals surface area contributed by atoms with E-state index in [9.17, 15) is 9.59 Å². The number of hydrogen-bond donors (Lipinski definition) is 2. The van der Waals surface area contributed by atoms with E-state index in [1.54, 1.807) is 14.0 Å². The summed E-state index contributed by atoms with van der Waals surface area (Å²) in [7, 11) is 3.16. The molecule has 2 N–H and O–H groups in total. The van der Waals surface area contributed by atoms with Crippen LogP contribution < -0.4 is 10.1 Å². The van der Waals surface area contributed by atoms with Gasteiger partial charge in [0, 0.05) is 7.05 Å². The molecule has 1 aromatic rings.